The zero-order chi connectivity index (χ0) is 13.0. The summed E-state index contributed by atoms with van der Waals surface area (Å²) in [5, 5.41) is 0. The average Bonchev–Trinajstić information content (AvgIpc) is 2.39. The number of benzene rings is 1. The Labute approximate surface area is 113 Å². The van der Waals surface area contributed by atoms with Gasteiger partial charge in [0.2, 0.25) is 0 Å². The Balaban J connectivity index is 2.21. The monoisotopic (exact) mass is 309 g/mol. The van der Waals surface area contributed by atoms with Crippen LogP contribution in [0.4, 0.5) is 4.39 Å². The van der Waals surface area contributed by atoms with E-state index in [0.29, 0.717) is 6.42 Å². The van der Waals surface area contributed by atoms with Crippen LogP contribution >= 0.6 is 15.9 Å². The van der Waals surface area contributed by atoms with Crippen molar-refractivity contribution in [2.24, 2.45) is 5.84 Å². The van der Waals surface area contributed by atoms with Crippen molar-refractivity contribution in [1.82, 2.24) is 10.4 Å². The van der Waals surface area contributed by atoms with Gasteiger partial charge in [0.1, 0.15) is 5.82 Å². The summed E-state index contributed by atoms with van der Waals surface area (Å²) in [5.41, 5.74) is 4.81. The van der Waals surface area contributed by atoms with Crippen molar-refractivity contribution in [3.63, 3.8) is 0 Å². The number of aromatic nitrogens is 1. The summed E-state index contributed by atoms with van der Waals surface area (Å²) in [7, 11) is 0. The van der Waals surface area contributed by atoms with Crippen LogP contribution < -0.4 is 11.3 Å². The summed E-state index contributed by atoms with van der Waals surface area (Å²) < 4.78 is 13.8. The lowest BCUT2D eigenvalue weighted by Gasteiger charge is -2.17. The van der Waals surface area contributed by atoms with Gasteiger partial charge < -0.3 is 0 Å². The lowest BCUT2D eigenvalue weighted by atomic mass is 10.0. The third-order valence-electron chi connectivity index (χ3n) is 2.75. The first-order chi connectivity index (χ1) is 8.70. The zero-order valence-corrected chi connectivity index (χ0v) is 11.2. The van der Waals surface area contributed by atoms with Crippen LogP contribution in [-0.2, 0) is 6.42 Å². The third kappa shape index (κ3) is 3.13. The van der Waals surface area contributed by atoms with Crippen LogP contribution in [0, 0.1) is 5.82 Å². The number of nitrogens with one attached hydrogen (secondary N) is 1. The summed E-state index contributed by atoms with van der Waals surface area (Å²) >= 11 is 3.36. The van der Waals surface area contributed by atoms with Crippen LogP contribution in [0.2, 0.25) is 0 Å². The molecular formula is C13H13BrFN3. The first-order valence-electron chi connectivity index (χ1n) is 5.50. The molecule has 3 N–H and O–H groups in total. The molecule has 18 heavy (non-hydrogen) atoms. The molecule has 0 aliphatic rings. The molecule has 0 bridgehead atoms. The van der Waals surface area contributed by atoms with Crippen LogP contribution in [0.5, 0.6) is 0 Å². The molecule has 3 nitrogen and oxygen atoms in total. The van der Waals surface area contributed by atoms with E-state index in [4.69, 9.17) is 5.84 Å². The number of pyridine rings is 1. The van der Waals surface area contributed by atoms with Gasteiger partial charge >= 0.3 is 0 Å². The fourth-order valence-corrected chi connectivity index (χ4v) is 2.29. The van der Waals surface area contributed by atoms with Crippen molar-refractivity contribution in [3.05, 3.63) is 64.1 Å². The van der Waals surface area contributed by atoms with Gasteiger partial charge in [-0.25, -0.2) is 4.39 Å². The normalized spacial score (nSPS) is 12.4. The molecule has 0 radical (unpaired) electrons. The Bertz CT molecular complexity index is 519. The van der Waals surface area contributed by atoms with Gasteiger partial charge in [0.25, 0.3) is 0 Å². The number of hydrogen-bond donors (Lipinski definition) is 2. The molecule has 0 saturated heterocycles. The SMILES string of the molecule is NNC(Cc1ccc(F)cc1Br)c1ccncc1. The molecule has 0 saturated carbocycles. The van der Waals surface area contributed by atoms with E-state index >= 15 is 0 Å². The van der Waals surface area contributed by atoms with E-state index < -0.39 is 0 Å². The molecular weight excluding hydrogens is 297 g/mol. The van der Waals surface area contributed by atoms with Gasteiger partial charge in [0.05, 0.1) is 6.04 Å². The van der Waals surface area contributed by atoms with E-state index in [1.807, 2.05) is 12.1 Å². The zero-order valence-electron chi connectivity index (χ0n) is 9.61. The molecule has 0 fully saturated rings. The van der Waals surface area contributed by atoms with Crippen molar-refractivity contribution in [2.75, 3.05) is 0 Å². The highest BCUT2D eigenvalue weighted by molar-refractivity contribution is 9.10. The lowest BCUT2D eigenvalue weighted by Crippen LogP contribution is -2.29. The average molecular weight is 310 g/mol. The molecule has 1 unspecified atom stereocenters. The molecule has 0 aliphatic carbocycles. The second-order valence-corrected chi connectivity index (χ2v) is 4.79. The maximum Gasteiger partial charge on any atom is 0.124 e. The second kappa shape index (κ2) is 6.04. The van der Waals surface area contributed by atoms with Gasteiger partial charge in [-0.2, -0.15) is 0 Å². The van der Waals surface area contributed by atoms with Crippen LogP contribution in [-0.4, -0.2) is 4.98 Å². The Kier molecular flexibility index (Phi) is 4.41. The maximum atomic E-state index is 13.0. The van der Waals surface area contributed by atoms with Crippen molar-refractivity contribution < 1.29 is 4.39 Å². The number of halogens is 2. The topological polar surface area (TPSA) is 50.9 Å². The van der Waals surface area contributed by atoms with Gasteiger partial charge in [-0.1, -0.05) is 22.0 Å². The molecule has 94 valence electrons. The molecule has 1 heterocycles. The predicted octanol–water partition coefficient (Wildman–Crippen LogP) is 2.73. The van der Waals surface area contributed by atoms with Crippen LogP contribution in [0.25, 0.3) is 0 Å². The minimum atomic E-state index is -0.258. The highest BCUT2D eigenvalue weighted by atomic mass is 79.9. The van der Waals surface area contributed by atoms with E-state index in [0.717, 1.165) is 15.6 Å². The minimum absolute atomic E-state index is 0.0326. The molecule has 5 heteroatoms. The van der Waals surface area contributed by atoms with Crippen LogP contribution in [0.15, 0.2) is 47.2 Å². The van der Waals surface area contributed by atoms with Crippen LogP contribution in [0.1, 0.15) is 17.2 Å². The summed E-state index contributed by atoms with van der Waals surface area (Å²) in [6.45, 7) is 0. The van der Waals surface area contributed by atoms with Crippen molar-refractivity contribution in [3.8, 4) is 0 Å². The number of nitrogens with two attached hydrogens (primary N) is 1. The Morgan fingerprint density at radius 3 is 2.61 bits per heavy atom. The third-order valence-corrected chi connectivity index (χ3v) is 3.49. The molecule has 1 aromatic heterocycles. The summed E-state index contributed by atoms with van der Waals surface area (Å²) in [6.07, 6.45) is 4.11. The Hall–Kier alpha value is -1.30. The van der Waals surface area contributed by atoms with E-state index in [1.165, 1.54) is 12.1 Å². The van der Waals surface area contributed by atoms with Gasteiger partial charge in [0, 0.05) is 16.9 Å². The summed E-state index contributed by atoms with van der Waals surface area (Å²) in [5.74, 6) is 5.32. The van der Waals surface area contributed by atoms with E-state index in [9.17, 15) is 4.39 Å². The Morgan fingerprint density at radius 2 is 2.00 bits per heavy atom. The predicted molar refractivity (Wildman–Crippen MR) is 72.1 cm³/mol. The number of rotatable bonds is 4. The quantitative estimate of drug-likeness (QED) is 0.674. The fraction of sp³-hybridized carbons (Fsp3) is 0.154. The fourth-order valence-electron chi connectivity index (χ4n) is 1.78. The second-order valence-electron chi connectivity index (χ2n) is 3.94. The molecule has 0 spiro atoms. The van der Waals surface area contributed by atoms with Gasteiger partial charge in [-0.15, -0.1) is 0 Å². The molecule has 0 aliphatic heterocycles. The van der Waals surface area contributed by atoms with Crippen molar-refractivity contribution in [1.29, 1.82) is 0 Å². The molecule has 2 rings (SSSR count). The maximum absolute atomic E-state index is 13.0. The standard InChI is InChI=1S/C13H13BrFN3/c14-12-8-11(15)2-1-10(12)7-13(18-16)9-3-5-17-6-4-9/h1-6,8,13,18H,7,16H2. The van der Waals surface area contributed by atoms with E-state index in [1.54, 1.807) is 18.5 Å². The number of nitrogens with zero attached hydrogens (tertiary/aromatic N) is 1. The number of hydrogen-bond acceptors (Lipinski definition) is 3. The molecule has 2 aromatic rings. The largest absolute Gasteiger partial charge is 0.271 e. The summed E-state index contributed by atoms with van der Waals surface area (Å²) in [6, 6.07) is 8.43. The first kappa shape index (κ1) is 13.1. The first-order valence-corrected chi connectivity index (χ1v) is 6.30. The van der Waals surface area contributed by atoms with Gasteiger partial charge in [-0.3, -0.25) is 16.3 Å². The van der Waals surface area contributed by atoms with Crippen molar-refractivity contribution in [2.45, 2.75) is 12.5 Å². The molecule has 1 atom stereocenters. The van der Waals surface area contributed by atoms with E-state index in [2.05, 4.69) is 26.3 Å². The lowest BCUT2D eigenvalue weighted by molar-refractivity contribution is 0.549. The molecule has 0 amide bonds. The highest BCUT2D eigenvalue weighted by Gasteiger charge is 2.12. The summed E-state index contributed by atoms with van der Waals surface area (Å²) in [4.78, 5) is 3.97. The van der Waals surface area contributed by atoms with Crippen molar-refractivity contribution >= 4 is 15.9 Å². The van der Waals surface area contributed by atoms with E-state index in [-0.39, 0.29) is 11.9 Å². The highest BCUT2D eigenvalue weighted by Crippen LogP contribution is 2.24. The van der Waals surface area contributed by atoms with Gasteiger partial charge in [-0.05, 0) is 41.8 Å². The minimum Gasteiger partial charge on any atom is -0.271 e. The van der Waals surface area contributed by atoms with Crippen LogP contribution in [0.3, 0.4) is 0 Å². The van der Waals surface area contributed by atoms with Gasteiger partial charge in [0.15, 0.2) is 0 Å². The number of hydrazine groups is 1. The Morgan fingerprint density at radius 1 is 1.28 bits per heavy atom. The smallest absolute Gasteiger partial charge is 0.124 e. The molecule has 1 aromatic carbocycles.